The van der Waals surface area contributed by atoms with Crippen LogP contribution in [0.5, 0.6) is 0 Å². The predicted octanol–water partition coefficient (Wildman–Crippen LogP) is 1.84. The molecular weight excluding hydrogens is 208 g/mol. The third kappa shape index (κ3) is 3.08. The maximum absolute atomic E-state index is 11.2. The van der Waals surface area contributed by atoms with Crippen LogP contribution in [-0.2, 0) is 20.9 Å². The normalized spacial score (nSPS) is 9.69. The van der Waals surface area contributed by atoms with Crippen molar-refractivity contribution in [3.05, 3.63) is 34.9 Å². The fourth-order valence-corrected chi connectivity index (χ4v) is 1.28. The van der Waals surface area contributed by atoms with Crippen LogP contribution >= 0.6 is 0 Å². The number of benzene rings is 1. The molecule has 0 aliphatic rings. The Hall–Kier alpha value is -1.84. The lowest BCUT2D eigenvalue weighted by atomic mass is 10.1. The third-order valence-electron chi connectivity index (χ3n) is 2.19. The fourth-order valence-electron chi connectivity index (χ4n) is 1.28. The van der Waals surface area contributed by atoms with Crippen LogP contribution in [0.1, 0.15) is 28.4 Å². The van der Waals surface area contributed by atoms with E-state index in [4.69, 9.17) is 4.74 Å². The number of carbonyl (C=O) groups excluding carboxylic acids is 2. The molecule has 0 heterocycles. The molecule has 4 nitrogen and oxygen atoms in total. The fraction of sp³-hybridized carbons (Fsp3) is 0.333. The van der Waals surface area contributed by atoms with Crippen LogP contribution in [0.2, 0.25) is 0 Å². The minimum atomic E-state index is -0.373. The maximum Gasteiger partial charge on any atom is 0.337 e. The van der Waals surface area contributed by atoms with Crippen LogP contribution in [0.15, 0.2) is 18.2 Å². The Kier molecular flexibility index (Phi) is 4.05. The molecule has 0 aliphatic carbocycles. The van der Waals surface area contributed by atoms with Crippen molar-refractivity contribution in [1.29, 1.82) is 0 Å². The van der Waals surface area contributed by atoms with Gasteiger partial charge >= 0.3 is 11.9 Å². The zero-order chi connectivity index (χ0) is 12.1. The van der Waals surface area contributed by atoms with Gasteiger partial charge in [0.1, 0.15) is 6.61 Å². The smallest absolute Gasteiger partial charge is 0.337 e. The maximum atomic E-state index is 11.2. The van der Waals surface area contributed by atoms with Gasteiger partial charge in [-0.15, -0.1) is 0 Å². The number of ether oxygens (including phenoxy) is 2. The molecule has 0 aromatic heterocycles. The molecule has 0 radical (unpaired) electrons. The van der Waals surface area contributed by atoms with Gasteiger partial charge in [-0.2, -0.15) is 0 Å². The first-order chi connectivity index (χ1) is 7.54. The Morgan fingerprint density at radius 1 is 1.31 bits per heavy atom. The molecular formula is C12H14O4. The molecule has 0 bridgehead atoms. The van der Waals surface area contributed by atoms with Crippen molar-refractivity contribution in [2.24, 2.45) is 0 Å². The summed E-state index contributed by atoms with van der Waals surface area (Å²) in [5.41, 5.74) is 2.26. The molecule has 86 valence electrons. The Balaban J connectivity index is 2.83. The summed E-state index contributed by atoms with van der Waals surface area (Å²) in [6.07, 6.45) is 0. The van der Waals surface area contributed by atoms with E-state index in [1.165, 1.54) is 14.0 Å². The zero-order valence-electron chi connectivity index (χ0n) is 9.57. The average molecular weight is 222 g/mol. The lowest BCUT2D eigenvalue weighted by Crippen LogP contribution is -2.04. The molecule has 0 atom stereocenters. The van der Waals surface area contributed by atoms with E-state index >= 15 is 0 Å². The van der Waals surface area contributed by atoms with Gasteiger partial charge in [0.25, 0.3) is 0 Å². The Labute approximate surface area is 94.2 Å². The lowest BCUT2D eigenvalue weighted by molar-refractivity contribution is -0.142. The highest BCUT2D eigenvalue weighted by atomic mass is 16.5. The minimum Gasteiger partial charge on any atom is -0.465 e. The molecule has 1 aromatic rings. The summed E-state index contributed by atoms with van der Waals surface area (Å²) >= 11 is 0. The largest absolute Gasteiger partial charge is 0.465 e. The lowest BCUT2D eigenvalue weighted by Gasteiger charge is -2.07. The molecule has 0 N–H and O–H groups in total. The SMILES string of the molecule is COC(=O)c1ccc(COC(C)=O)c(C)c1. The first-order valence-electron chi connectivity index (χ1n) is 4.86. The van der Waals surface area contributed by atoms with E-state index in [1.807, 2.05) is 6.92 Å². The molecule has 0 unspecified atom stereocenters. The third-order valence-corrected chi connectivity index (χ3v) is 2.19. The number of hydrogen-bond acceptors (Lipinski definition) is 4. The number of esters is 2. The van der Waals surface area contributed by atoms with Crippen molar-refractivity contribution in [2.75, 3.05) is 7.11 Å². The van der Waals surface area contributed by atoms with Crippen molar-refractivity contribution in [1.82, 2.24) is 0 Å². The van der Waals surface area contributed by atoms with Crippen LogP contribution in [0.4, 0.5) is 0 Å². The van der Waals surface area contributed by atoms with Crippen LogP contribution in [0, 0.1) is 6.92 Å². The summed E-state index contributed by atoms with van der Waals surface area (Å²) in [4.78, 5) is 21.9. The molecule has 0 aliphatic heterocycles. The first-order valence-corrected chi connectivity index (χ1v) is 4.86. The van der Waals surface area contributed by atoms with Gasteiger partial charge in [-0.05, 0) is 30.2 Å². The van der Waals surface area contributed by atoms with E-state index in [1.54, 1.807) is 18.2 Å². The zero-order valence-corrected chi connectivity index (χ0v) is 9.57. The minimum absolute atomic E-state index is 0.225. The van der Waals surface area contributed by atoms with Gasteiger partial charge in [0.05, 0.1) is 12.7 Å². The van der Waals surface area contributed by atoms with E-state index in [-0.39, 0.29) is 18.5 Å². The van der Waals surface area contributed by atoms with Gasteiger partial charge in [0, 0.05) is 6.92 Å². The highest BCUT2D eigenvalue weighted by Gasteiger charge is 2.08. The average Bonchev–Trinajstić information content (AvgIpc) is 2.26. The molecule has 1 aromatic carbocycles. The van der Waals surface area contributed by atoms with Gasteiger partial charge in [-0.3, -0.25) is 4.79 Å². The van der Waals surface area contributed by atoms with Crippen molar-refractivity contribution in [2.45, 2.75) is 20.5 Å². The number of hydrogen-bond donors (Lipinski definition) is 0. The second kappa shape index (κ2) is 5.30. The second-order valence-electron chi connectivity index (χ2n) is 3.41. The van der Waals surface area contributed by atoms with Crippen LogP contribution in [0.25, 0.3) is 0 Å². The van der Waals surface area contributed by atoms with Crippen molar-refractivity contribution >= 4 is 11.9 Å². The van der Waals surface area contributed by atoms with E-state index in [0.717, 1.165) is 11.1 Å². The summed E-state index contributed by atoms with van der Waals surface area (Å²) < 4.78 is 9.49. The van der Waals surface area contributed by atoms with Crippen molar-refractivity contribution in [3.8, 4) is 0 Å². The van der Waals surface area contributed by atoms with Gasteiger partial charge in [-0.1, -0.05) is 6.07 Å². The second-order valence-corrected chi connectivity index (χ2v) is 3.41. The van der Waals surface area contributed by atoms with Crippen LogP contribution in [-0.4, -0.2) is 19.0 Å². The predicted molar refractivity (Wildman–Crippen MR) is 58.0 cm³/mol. The monoisotopic (exact) mass is 222 g/mol. The molecule has 0 saturated carbocycles. The quantitative estimate of drug-likeness (QED) is 0.732. The van der Waals surface area contributed by atoms with Gasteiger partial charge in [0.15, 0.2) is 0 Å². The number of methoxy groups -OCH3 is 1. The summed E-state index contributed by atoms with van der Waals surface area (Å²) in [6.45, 7) is 3.44. The standard InChI is InChI=1S/C12H14O4/c1-8-6-10(12(14)15-3)4-5-11(8)7-16-9(2)13/h4-6H,7H2,1-3H3. The summed E-state index contributed by atoms with van der Waals surface area (Å²) in [6, 6.07) is 5.12. The van der Waals surface area contributed by atoms with Gasteiger partial charge in [-0.25, -0.2) is 4.79 Å². The van der Waals surface area contributed by atoms with Gasteiger partial charge < -0.3 is 9.47 Å². The number of carbonyl (C=O) groups is 2. The van der Waals surface area contributed by atoms with Crippen molar-refractivity contribution < 1.29 is 19.1 Å². The molecule has 4 heteroatoms. The molecule has 0 amide bonds. The highest BCUT2D eigenvalue weighted by Crippen LogP contribution is 2.13. The number of aryl methyl sites for hydroxylation is 1. The molecule has 1 rings (SSSR count). The Bertz CT molecular complexity index is 409. The highest BCUT2D eigenvalue weighted by molar-refractivity contribution is 5.89. The summed E-state index contributed by atoms with van der Waals surface area (Å²) in [5.74, 6) is -0.696. The van der Waals surface area contributed by atoms with Gasteiger partial charge in [0.2, 0.25) is 0 Å². The van der Waals surface area contributed by atoms with E-state index < -0.39 is 0 Å². The van der Waals surface area contributed by atoms with E-state index in [2.05, 4.69) is 4.74 Å². The van der Waals surface area contributed by atoms with E-state index in [0.29, 0.717) is 5.56 Å². The van der Waals surface area contributed by atoms with Crippen molar-refractivity contribution in [3.63, 3.8) is 0 Å². The van der Waals surface area contributed by atoms with Crippen LogP contribution < -0.4 is 0 Å². The molecule has 0 spiro atoms. The Morgan fingerprint density at radius 2 is 2.00 bits per heavy atom. The van der Waals surface area contributed by atoms with Crippen LogP contribution in [0.3, 0.4) is 0 Å². The topological polar surface area (TPSA) is 52.6 Å². The Morgan fingerprint density at radius 3 is 2.50 bits per heavy atom. The first kappa shape index (κ1) is 12.2. The number of rotatable bonds is 3. The molecule has 0 fully saturated rings. The summed E-state index contributed by atoms with van der Waals surface area (Å²) in [7, 11) is 1.34. The summed E-state index contributed by atoms with van der Waals surface area (Å²) in [5, 5.41) is 0. The molecule has 0 saturated heterocycles. The van der Waals surface area contributed by atoms with E-state index in [9.17, 15) is 9.59 Å². The molecule has 16 heavy (non-hydrogen) atoms.